The number of carbonyl (C=O) groups is 1. The zero-order valence-electron chi connectivity index (χ0n) is 12.8. The van der Waals surface area contributed by atoms with Gasteiger partial charge in [-0.2, -0.15) is 0 Å². The van der Waals surface area contributed by atoms with Crippen molar-refractivity contribution in [3.8, 4) is 0 Å². The Labute approximate surface area is 130 Å². The smallest absolute Gasteiger partial charge is 0.222 e. The summed E-state index contributed by atoms with van der Waals surface area (Å²) in [6, 6.07) is 0. The van der Waals surface area contributed by atoms with Crippen LogP contribution in [0, 0.1) is 5.92 Å². The lowest BCUT2D eigenvalue weighted by atomic mass is 9.95. The molecule has 0 N–H and O–H groups in total. The Hall–Kier alpha value is -1.44. The van der Waals surface area contributed by atoms with Gasteiger partial charge in [-0.1, -0.05) is 0 Å². The van der Waals surface area contributed by atoms with Gasteiger partial charge < -0.3 is 9.47 Å². The third-order valence-electron chi connectivity index (χ3n) is 4.75. The molecule has 122 valence electrons. The highest BCUT2D eigenvalue weighted by atomic mass is 32.2. The van der Waals surface area contributed by atoms with Crippen LogP contribution in [0.3, 0.4) is 0 Å². The predicted molar refractivity (Wildman–Crippen MR) is 80.9 cm³/mol. The number of sulfone groups is 1. The van der Waals surface area contributed by atoms with Crippen LogP contribution < -0.4 is 0 Å². The molecule has 1 aromatic rings. The van der Waals surface area contributed by atoms with Gasteiger partial charge in [0, 0.05) is 32.5 Å². The molecule has 3 heterocycles. The average Bonchev–Trinajstić information content (AvgIpc) is 3.04. The number of hydrogen-bond acceptors (Lipinski definition) is 5. The first-order chi connectivity index (χ1) is 10.4. The van der Waals surface area contributed by atoms with Gasteiger partial charge in [-0.15, -0.1) is 10.2 Å². The second-order valence-corrected chi connectivity index (χ2v) is 8.66. The molecule has 0 bridgehead atoms. The Morgan fingerprint density at radius 1 is 1.32 bits per heavy atom. The maximum absolute atomic E-state index is 12.3. The molecule has 0 spiro atoms. The molecule has 0 aliphatic carbocycles. The average molecular weight is 326 g/mol. The van der Waals surface area contributed by atoms with Crippen molar-refractivity contribution in [2.24, 2.45) is 13.0 Å². The molecule has 7 nitrogen and oxygen atoms in total. The van der Waals surface area contributed by atoms with Crippen LogP contribution >= 0.6 is 0 Å². The van der Waals surface area contributed by atoms with Gasteiger partial charge in [0.1, 0.15) is 12.2 Å². The molecule has 22 heavy (non-hydrogen) atoms. The first-order valence-corrected chi connectivity index (χ1v) is 9.59. The standard InChI is InChI=1S/C14H22N4O3S/c1-17-10-15-16-14(17)12-2-5-18(6-3-12)13(19)8-11-4-7-22(20,21)9-11/h10-12H,2-9H2,1H3/t11-/m1/s1. The van der Waals surface area contributed by atoms with Crippen LogP contribution in [0.2, 0.25) is 0 Å². The van der Waals surface area contributed by atoms with Gasteiger partial charge in [-0.3, -0.25) is 4.79 Å². The van der Waals surface area contributed by atoms with Crippen LogP contribution in [0.5, 0.6) is 0 Å². The summed E-state index contributed by atoms with van der Waals surface area (Å²) in [6.45, 7) is 1.44. The molecular formula is C14H22N4O3S. The summed E-state index contributed by atoms with van der Waals surface area (Å²) in [6.07, 6.45) is 4.48. The summed E-state index contributed by atoms with van der Waals surface area (Å²) in [4.78, 5) is 14.2. The Balaban J connectivity index is 1.51. The summed E-state index contributed by atoms with van der Waals surface area (Å²) < 4.78 is 24.9. The Morgan fingerprint density at radius 2 is 2.05 bits per heavy atom. The van der Waals surface area contributed by atoms with E-state index >= 15 is 0 Å². The van der Waals surface area contributed by atoms with E-state index < -0.39 is 9.84 Å². The van der Waals surface area contributed by atoms with Crippen molar-refractivity contribution in [3.05, 3.63) is 12.2 Å². The number of rotatable bonds is 3. The number of likely N-dealkylation sites (tertiary alicyclic amines) is 1. The number of hydrogen-bond donors (Lipinski definition) is 0. The lowest BCUT2D eigenvalue weighted by molar-refractivity contribution is -0.133. The van der Waals surface area contributed by atoms with Gasteiger partial charge in [-0.05, 0) is 25.2 Å². The van der Waals surface area contributed by atoms with Gasteiger partial charge in [-0.25, -0.2) is 8.42 Å². The molecule has 0 aromatic carbocycles. The minimum Gasteiger partial charge on any atom is -0.343 e. The molecule has 0 unspecified atom stereocenters. The van der Waals surface area contributed by atoms with E-state index in [1.807, 2.05) is 16.5 Å². The Kier molecular flexibility index (Phi) is 4.20. The maximum Gasteiger partial charge on any atom is 0.222 e. The topological polar surface area (TPSA) is 85.2 Å². The van der Waals surface area contributed by atoms with E-state index in [1.165, 1.54) is 0 Å². The van der Waals surface area contributed by atoms with Crippen LogP contribution in [0.1, 0.15) is 37.4 Å². The van der Waals surface area contributed by atoms with E-state index in [2.05, 4.69) is 10.2 Å². The minimum absolute atomic E-state index is 0.00830. The molecular weight excluding hydrogens is 304 g/mol. The van der Waals surface area contributed by atoms with Gasteiger partial charge in [0.2, 0.25) is 5.91 Å². The van der Waals surface area contributed by atoms with Gasteiger partial charge >= 0.3 is 0 Å². The Morgan fingerprint density at radius 3 is 2.59 bits per heavy atom. The number of aromatic nitrogens is 3. The van der Waals surface area contributed by atoms with Gasteiger partial charge in [0.15, 0.2) is 9.84 Å². The van der Waals surface area contributed by atoms with Gasteiger partial charge in [0.05, 0.1) is 11.5 Å². The van der Waals surface area contributed by atoms with Crippen molar-refractivity contribution in [1.82, 2.24) is 19.7 Å². The largest absolute Gasteiger partial charge is 0.343 e. The summed E-state index contributed by atoms with van der Waals surface area (Å²) in [5, 5.41) is 8.06. The SMILES string of the molecule is Cn1cnnc1C1CCN(C(=O)C[C@H]2CCS(=O)(=O)C2)CC1. The van der Waals surface area contributed by atoms with Crippen LogP contribution in [0.4, 0.5) is 0 Å². The molecule has 0 saturated carbocycles. The fourth-order valence-corrected chi connectivity index (χ4v) is 5.32. The molecule has 2 fully saturated rings. The molecule has 2 aliphatic rings. The molecule has 3 rings (SSSR count). The summed E-state index contributed by atoms with van der Waals surface area (Å²) in [5.74, 6) is 1.85. The zero-order chi connectivity index (χ0) is 15.7. The molecule has 2 saturated heterocycles. The number of amides is 1. The van der Waals surface area contributed by atoms with Crippen molar-refractivity contribution in [1.29, 1.82) is 0 Å². The van der Waals surface area contributed by atoms with Crippen LogP contribution in [-0.2, 0) is 21.7 Å². The summed E-state index contributed by atoms with van der Waals surface area (Å²) in [5.41, 5.74) is 0. The lowest BCUT2D eigenvalue weighted by Gasteiger charge is -2.32. The summed E-state index contributed by atoms with van der Waals surface area (Å²) >= 11 is 0. The fourth-order valence-electron chi connectivity index (χ4n) is 3.46. The van der Waals surface area contributed by atoms with E-state index in [4.69, 9.17) is 0 Å². The predicted octanol–water partition coefficient (Wildman–Crippen LogP) is 0.346. The molecule has 1 amide bonds. The first kappa shape index (κ1) is 15.5. The highest BCUT2D eigenvalue weighted by molar-refractivity contribution is 7.91. The maximum atomic E-state index is 12.3. The number of carbonyl (C=O) groups excluding carboxylic acids is 1. The normalized spacial score (nSPS) is 25.5. The molecule has 1 atom stereocenters. The van der Waals surface area contributed by atoms with Crippen LogP contribution in [0.15, 0.2) is 6.33 Å². The number of aryl methyl sites for hydroxylation is 1. The monoisotopic (exact) mass is 326 g/mol. The molecule has 8 heteroatoms. The quantitative estimate of drug-likeness (QED) is 0.800. The second-order valence-electron chi connectivity index (χ2n) is 6.43. The van der Waals surface area contributed by atoms with Crippen molar-refractivity contribution in [2.75, 3.05) is 24.6 Å². The van der Waals surface area contributed by atoms with Crippen molar-refractivity contribution >= 4 is 15.7 Å². The highest BCUT2D eigenvalue weighted by Gasteiger charge is 2.32. The number of piperidine rings is 1. The third-order valence-corrected chi connectivity index (χ3v) is 6.59. The number of nitrogens with zero attached hydrogens (tertiary/aromatic N) is 4. The van der Waals surface area contributed by atoms with Crippen molar-refractivity contribution in [3.63, 3.8) is 0 Å². The van der Waals surface area contributed by atoms with Gasteiger partial charge in [0.25, 0.3) is 0 Å². The minimum atomic E-state index is -2.90. The van der Waals surface area contributed by atoms with Crippen LogP contribution in [0.25, 0.3) is 0 Å². The summed E-state index contributed by atoms with van der Waals surface area (Å²) in [7, 11) is -0.966. The molecule has 2 aliphatic heterocycles. The Bertz CT molecular complexity index is 647. The van der Waals surface area contributed by atoms with E-state index in [0.29, 0.717) is 18.8 Å². The molecule has 1 aromatic heterocycles. The van der Waals surface area contributed by atoms with Crippen molar-refractivity contribution in [2.45, 2.75) is 31.6 Å². The van der Waals surface area contributed by atoms with E-state index in [9.17, 15) is 13.2 Å². The van der Waals surface area contributed by atoms with E-state index in [1.54, 1.807) is 6.33 Å². The van der Waals surface area contributed by atoms with E-state index in [-0.39, 0.29) is 23.3 Å². The third kappa shape index (κ3) is 3.31. The van der Waals surface area contributed by atoms with Crippen molar-refractivity contribution < 1.29 is 13.2 Å². The van der Waals surface area contributed by atoms with Crippen LogP contribution in [-0.4, -0.2) is 58.6 Å². The zero-order valence-corrected chi connectivity index (χ0v) is 13.6. The second kappa shape index (κ2) is 5.98. The highest BCUT2D eigenvalue weighted by Crippen LogP contribution is 2.28. The first-order valence-electron chi connectivity index (χ1n) is 7.77. The molecule has 0 radical (unpaired) electrons. The van der Waals surface area contributed by atoms with E-state index in [0.717, 1.165) is 31.8 Å². The lowest BCUT2D eigenvalue weighted by Crippen LogP contribution is -2.39. The fraction of sp³-hybridized carbons (Fsp3) is 0.786.